The Balaban J connectivity index is 1.95. The third-order valence-electron chi connectivity index (χ3n) is 5.45. The quantitative estimate of drug-likeness (QED) is 0.815. The number of benzene rings is 2. The van der Waals surface area contributed by atoms with Gasteiger partial charge >= 0.3 is 5.97 Å². The summed E-state index contributed by atoms with van der Waals surface area (Å²) in [4.78, 5) is 25.8. The molecule has 2 aromatic carbocycles. The van der Waals surface area contributed by atoms with Crippen molar-refractivity contribution in [1.82, 2.24) is 0 Å². The van der Waals surface area contributed by atoms with Crippen LogP contribution in [-0.4, -0.2) is 30.1 Å². The summed E-state index contributed by atoms with van der Waals surface area (Å²) in [6.07, 6.45) is 3.62. The van der Waals surface area contributed by atoms with E-state index in [4.69, 9.17) is 10.8 Å². The Morgan fingerprint density at radius 2 is 1.63 bits per heavy atom. The van der Waals surface area contributed by atoms with Crippen molar-refractivity contribution < 1.29 is 14.7 Å². The lowest BCUT2D eigenvalue weighted by Gasteiger charge is -2.33. The van der Waals surface area contributed by atoms with Crippen LogP contribution in [0.5, 0.6) is 0 Å². The third kappa shape index (κ3) is 4.13. The molecule has 3 rings (SSSR count). The standard InChI is InChI=1S/C22H26N2O3/c1-15(18-7-3-4-8-19(18)24-13-5-2-6-14-24)20(21(23)25)16-9-11-17(12-10-16)22(26)27/h3-4,7-12,15,20H,2,5-6,13-14H2,1H3,(H2,23,25)(H,26,27). The molecule has 0 radical (unpaired) electrons. The molecule has 1 aliphatic heterocycles. The molecule has 1 aliphatic rings. The number of carboxylic acid groups (broad SMARTS) is 1. The largest absolute Gasteiger partial charge is 0.478 e. The molecule has 2 aromatic rings. The molecule has 0 spiro atoms. The van der Waals surface area contributed by atoms with E-state index in [2.05, 4.69) is 17.0 Å². The predicted molar refractivity (Wildman–Crippen MR) is 106 cm³/mol. The van der Waals surface area contributed by atoms with Crippen molar-refractivity contribution in [3.8, 4) is 0 Å². The monoisotopic (exact) mass is 366 g/mol. The Kier molecular flexibility index (Phi) is 5.79. The summed E-state index contributed by atoms with van der Waals surface area (Å²) in [6.45, 7) is 4.07. The number of hydrogen-bond donors (Lipinski definition) is 2. The molecule has 0 aromatic heterocycles. The minimum Gasteiger partial charge on any atom is -0.478 e. The van der Waals surface area contributed by atoms with Crippen LogP contribution < -0.4 is 10.6 Å². The minimum absolute atomic E-state index is 0.115. The number of hydrogen-bond acceptors (Lipinski definition) is 3. The van der Waals surface area contributed by atoms with E-state index in [1.165, 1.54) is 31.4 Å². The highest BCUT2D eigenvalue weighted by atomic mass is 16.4. The maximum Gasteiger partial charge on any atom is 0.335 e. The second-order valence-electron chi connectivity index (χ2n) is 7.20. The molecule has 1 saturated heterocycles. The van der Waals surface area contributed by atoms with Crippen LogP contribution in [-0.2, 0) is 4.79 Å². The number of rotatable bonds is 6. The van der Waals surface area contributed by atoms with Gasteiger partial charge in [0, 0.05) is 18.8 Å². The minimum atomic E-state index is -0.985. The van der Waals surface area contributed by atoms with Crippen molar-refractivity contribution in [2.24, 2.45) is 5.73 Å². The Morgan fingerprint density at radius 3 is 2.22 bits per heavy atom. The van der Waals surface area contributed by atoms with Gasteiger partial charge in [-0.25, -0.2) is 4.79 Å². The van der Waals surface area contributed by atoms with E-state index in [0.29, 0.717) is 0 Å². The lowest BCUT2D eigenvalue weighted by molar-refractivity contribution is -0.119. The fourth-order valence-corrected chi connectivity index (χ4v) is 4.01. The van der Waals surface area contributed by atoms with Gasteiger partial charge in [0.05, 0.1) is 11.5 Å². The lowest BCUT2D eigenvalue weighted by atomic mass is 9.81. The van der Waals surface area contributed by atoms with Crippen molar-refractivity contribution in [3.05, 3.63) is 65.2 Å². The smallest absolute Gasteiger partial charge is 0.335 e. The summed E-state index contributed by atoms with van der Waals surface area (Å²) in [6, 6.07) is 14.6. The van der Waals surface area contributed by atoms with Crippen LogP contribution in [0.1, 0.15) is 59.5 Å². The van der Waals surface area contributed by atoms with Crippen LogP contribution in [0.15, 0.2) is 48.5 Å². The SMILES string of the molecule is CC(c1ccccc1N1CCCCC1)C(C(N)=O)c1ccc(C(=O)O)cc1. The number of carboxylic acids is 1. The molecule has 1 amide bonds. The summed E-state index contributed by atoms with van der Waals surface area (Å²) in [7, 11) is 0. The van der Waals surface area contributed by atoms with Crippen LogP contribution in [0.3, 0.4) is 0 Å². The molecule has 2 unspecified atom stereocenters. The normalized spacial score (nSPS) is 16.6. The van der Waals surface area contributed by atoms with Gasteiger partial charge in [-0.2, -0.15) is 0 Å². The van der Waals surface area contributed by atoms with Crippen molar-refractivity contribution in [1.29, 1.82) is 0 Å². The fraction of sp³-hybridized carbons (Fsp3) is 0.364. The average Bonchev–Trinajstić information content (AvgIpc) is 2.69. The van der Waals surface area contributed by atoms with Crippen LogP contribution in [0, 0.1) is 0 Å². The first-order valence-corrected chi connectivity index (χ1v) is 9.45. The van der Waals surface area contributed by atoms with E-state index in [9.17, 15) is 9.59 Å². The number of para-hydroxylation sites is 1. The molecule has 1 fully saturated rings. The van der Waals surface area contributed by atoms with Crippen LogP contribution in [0.25, 0.3) is 0 Å². The van der Waals surface area contributed by atoms with E-state index in [-0.39, 0.29) is 11.5 Å². The number of piperidine rings is 1. The summed E-state index contributed by atoms with van der Waals surface area (Å²) in [5.41, 5.74) is 8.97. The number of amides is 1. The molecule has 0 bridgehead atoms. The van der Waals surface area contributed by atoms with Crippen molar-refractivity contribution in [2.45, 2.75) is 38.0 Å². The maximum absolute atomic E-state index is 12.3. The van der Waals surface area contributed by atoms with Crippen LogP contribution in [0.2, 0.25) is 0 Å². The van der Waals surface area contributed by atoms with Gasteiger partial charge in [-0.3, -0.25) is 4.79 Å². The highest BCUT2D eigenvalue weighted by Gasteiger charge is 2.29. The summed E-state index contributed by atoms with van der Waals surface area (Å²) in [5, 5.41) is 9.09. The molecule has 0 aliphatic carbocycles. The summed E-state index contributed by atoms with van der Waals surface area (Å²) in [5.74, 6) is -2.02. The summed E-state index contributed by atoms with van der Waals surface area (Å²) >= 11 is 0. The van der Waals surface area contributed by atoms with Gasteiger partial charge in [0.2, 0.25) is 5.91 Å². The molecule has 2 atom stereocenters. The predicted octanol–water partition coefficient (Wildman–Crippen LogP) is 3.75. The first-order valence-electron chi connectivity index (χ1n) is 9.45. The molecule has 142 valence electrons. The van der Waals surface area contributed by atoms with Crippen LogP contribution in [0.4, 0.5) is 5.69 Å². The van der Waals surface area contributed by atoms with E-state index < -0.39 is 17.8 Å². The van der Waals surface area contributed by atoms with E-state index in [0.717, 1.165) is 29.9 Å². The third-order valence-corrected chi connectivity index (χ3v) is 5.45. The maximum atomic E-state index is 12.3. The van der Waals surface area contributed by atoms with Crippen LogP contribution >= 0.6 is 0 Å². The van der Waals surface area contributed by atoms with Gasteiger partial charge in [0.15, 0.2) is 0 Å². The van der Waals surface area contributed by atoms with Crippen molar-refractivity contribution >= 4 is 17.6 Å². The zero-order valence-electron chi connectivity index (χ0n) is 15.6. The zero-order valence-corrected chi connectivity index (χ0v) is 15.6. The molecule has 0 saturated carbocycles. The number of carbonyl (C=O) groups excluding carboxylic acids is 1. The van der Waals surface area contributed by atoms with Gasteiger partial charge in [-0.1, -0.05) is 37.3 Å². The topological polar surface area (TPSA) is 83.6 Å². The number of aromatic carboxylic acids is 1. The number of nitrogens with zero attached hydrogens (tertiary/aromatic N) is 1. The number of primary amides is 1. The second-order valence-corrected chi connectivity index (χ2v) is 7.20. The van der Waals surface area contributed by atoms with Crippen molar-refractivity contribution in [2.75, 3.05) is 18.0 Å². The summed E-state index contributed by atoms with van der Waals surface area (Å²) < 4.78 is 0. The van der Waals surface area contributed by atoms with Gasteiger partial charge in [0.25, 0.3) is 0 Å². The van der Waals surface area contributed by atoms with Gasteiger partial charge < -0.3 is 15.7 Å². The highest BCUT2D eigenvalue weighted by Crippen LogP contribution is 2.38. The Bertz CT molecular complexity index is 811. The fourth-order valence-electron chi connectivity index (χ4n) is 4.01. The first kappa shape index (κ1) is 19.0. The van der Waals surface area contributed by atoms with E-state index in [1.807, 2.05) is 19.1 Å². The van der Waals surface area contributed by atoms with Gasteiger partial charge in [-0.05, 0) is 54.5 Å². The van der Waals surface area contributed by atoms with Crippen molar-refractivity contribution in [3.63, 3.8) is 0 Å². The first-order chi connectivity index (χ1) is 13.0. The Hall–Kier alpha value is -2.82. The average molecular weight is 366 g/mol. The highest BCUT2D eigenvalue weighted by molar-refractivity contribution is 5.88. The molecule has 5 heteroatoms. The molecule has 1 heterocycles. The lowest BCUT2D eigenvalue weighted by Crippen LogP contribution is -2.32. The number of anilines is 1. The molecular formula is C22H26N2O3. The van der Waals surface area contributed by atoms with Gasteiger partial charge in [0.1, 0.15) is 0 Å². The Labute approximate surface area is 159 Å². The van der Waals surface area contributed by atoms with E-state index in [1.54, 1.807) is 12.1 Å². The number of nitrogens with two attached hydrogens (primary N) is 1. The molecular weight excluding hydrogens is 340 g/mol. The molecule has 3 N–H and O–H groups in total. The molecule has 5 nitrogen and oxygen atoms in total. The number of carbonyl (C=O) groups is 2. The zero-order chi connectivity index (χ0) is 19.4. The Morgan fingerprint density at radius 1 is 1.00 bits per heavy atom. The van der Waals surface area contributed by atoms with E-state index >= 15 is 0 Å². The second kappa shape index (κ2) is 8.25. The molecule has 27 heavy (non-hydrogen) atoms. The van der Waals surface area contributed by atoms with Gasteiger partial charge in [-0.15, -0.1) is 0 Å².